The zero-order valence-corrected chi connectivity index (χ0v) is 17.0. The summed E-state index contributed by atoms with van der Waals surface area (Å²) in [5.74, 6) is -1.86. The molecule has 0 radical (unpaired) electrons. The first-order chi connectivity index (χ1) is 14.2. The van der Waals surface area contributed by atoms with Crippen LogP contribution < -0.4 is 5.32 Å². The van der Waals surface area contributed by atoms with Crippen molar-refractivity contribution in [2.75, 3.05) is 20.6 Å². The van der Waals surface area contributed by atoms with Crippen LogP contribution in [0.5, 0.6) is 0 Å². The number of urea groups is 1. The molecule has 0 bridgehead atoms. The van der Waals surface area contributed by atoms with Gasteiger partial charge in [-0.1, -0.05) is 60.7 Å². The van der Waals surface area contributed by atoms with Crippen LogP contribution in [0.25, 0.3) is 0 Å². The van der Waals surface area contributed by atoms with Crippen LogP contribution in [-0.4, -0.2) is 54.3 Å². The van der Waals surface area contributed by atoms with E-state index >= 15 is 0 Å². The molecular weight excluding hydrogens is 386 g/mol. The van der Waals surface area contributed by atoms with E-state index in [-0.39, 0.29) is 0 Å². The Hall–Kier alpha value is -3.68. The molecule has 30 heavy (non-hydrogen) atoms. The van der Waals surface area contributed by atoms with Crippen molar-refractivity contribution in [2.45, 2.75) is 18.6 Å². The SMILES string of the molecule is CN(C)C(=O)[C@H](OC(=O)CN1C(=O)N[C@@](C)(c2ccccc2)C1=O)c1ccccc1. The number of nitrogens with zero attached hydrogens (tertiary/aromatic N) is 2. The lowest BCUT2D eigenvalue weighted by Crippen LogP contribution is -2.42. The lowest BCUT2D eigenvalue weighted by atomic mass is 9.92. The van der Waals surface area contributed by atoms with Crippen LogP contribution in [0.1, 0.15) is 24.2 Å². The molecule has 8 nitrogen and oxygen atoms in total. The molecule has 2 aromatic rings. The minimum absolute atomic E-state index is 0.430. The summed E-state index contributed by atoms with van der Waals surface area (Å²) in [6.45, 7) is 0.980. The van der Waals surface area contributed by atoms with Gasteiger partial charge >= 0.3 is 12.0 Å². The molecule has 0 unspecified atom stereocenters. The van der Waals surface area contributed by atoms with E-state index in [1.54, 1.807) is 81.7 Å². The van der Waals surface area contributed by atoms with Gasteiger partial charge in [-0.2, -0.15) is 0 Å². The third-order valence-electron chi connectivity index (χ3n) is 4.93. The van der Waals surface area contributed by atoms with E-state index in [2.05, 4.69) is 5.32 Å². The van der Waals surface area contributed by atoms with E-state index in [1.807, 2.05) is 0 Å². The highest BCUT2D eigenvalue weighted by Gasteiger charge is 2.49. The number of rotatable bonds is 6. The molecule has 0 aliphatic carbocycles. The fraction of sp³-hybridized carbons (Fsp3) is 0.273. The van der Waals surface area contributed by atoms with Crippen molar-refractivity contribution in [3.05, 3.63) is 71.8 Å². The van der Waals surface area contributed by atoms with Crippen molar-refractivity contribution < 1.29 is 23.9 Å². The van der Waals surface area contributed by atoms with Gasteiger partial charge in [-0.05, 0) is 12.5 Å². The Balaban J connectivity index is 1.77. The lowest BCUT2D eigenvalue weighted by Gasteiger charge is -2.23. The maximum Gasteiger partial charge on any atom is 0.327 e. The van der Waals surface area contributed by atoms with Gasteiger partial charge in [-0.15, -0.1) is 0 Å². The van der Waals surface area contributed by atoms with Gasteiger partial charge in [0.2, 0.25) is 6.10 Å². The summed E-state index contributed by atoms with van der Waals surface area (Å²) in [5, 5.41) is 2.63. The minimum Gasteiger partial charge on any atom is -0.446 e. The molecule has 1 N–H and O–H groups in total. The molecule has 1 saturated heterocycles. The fourth-order valence-electron chi connectivity index (χ4n) is 3.23. The van der Waals surface area contributed by atoms with Crippen LogP contribution in [0.4, 0.5) is 4.79 Å². The second-order valence-corrected chi connectivity index (χ2v) is 7.33. The molecule has 0 spiro atoms. The fourth-order valence-corrected chi connectivity index (χ4v) is 3.23. The topological polar surface area (TPSA) is 96.0 Å². The second kappa shape index (κ2) is 8.36. The van der Waals surface area contributed by atoms with Gasteiger partial charge in [0.05, 0.1) is 0 Å². The van der Waals surface area contributed by atoms with Crippen molar-refractivity contribution >= 4 is 23.8 Å². The van der Waals surface area contributed by atoms with Gasteiger partial charge in [0.15, 0.2) is 0 Å². The van der Waals surface area contributed by atoms with Gasteiger partial charge < -0.3 is 15.0 Å². The summed E-state index contributed by atoms with van der Waals surface area (Å²) in [5.41, 5.74) is -0.184. The molecule has 1 aliphatic heterocycles. The van der Waals surface area contributed by atoms with Gasteiger partial charge in [-0.25, -0.2) is 4.79 Å². The second-order valence-electron chi connectivity index (χ2n) is 7.33. The standard InChI is InChI=1S/C22H23N3O5/c1-22(16-12-8-5-9-13-16)20(28)25(21(29)23-22)14-17(26)30-18(19(27)24(2)3)15-10-6-4-7-11-15/h4-13,18H,14H2,1-3H3,(H,23,29)/t18-,22+/m1/s1. The number of carbonyl (C=O) groups is 4. The average Bonchev–Trinajstić information content (AvgIpc) is 2.96. The highest BCUT2D eigenvalue weighted by atomic mass is 16.5. The molecule has 1 fully saturated rings. The number of benzene rings is 2. The maximum absolute atomic E-state index is 12.9. The number of carbonyl (C=O) groups excluding carboxylic acids is 4. The van der Waals surface area contributed by atoms with Crippen molar-refractivity contribution in [1.29, 1.82) is 0 Å². The van der Waals surface area contributed by atoms with Crippen LogP contribution in [0.2, 0.25) is 0 Å². The molecule has 1 heterocycles. The molecule has 3 rings (SSSR count). The molecule has 0 saturated carbocycles. The van der Waals surface area contributed by atoms with E-state index in [0.717, 1.165) is 4.90 Å². The van der Waals surface area contributed by atoms with Crippen molar-refractivity contribution in [2.24, 2.45) is 0 Å². The smallest absolute Gasteiger partial charge is 0.327 e. The summed E-state index contributed by atoms with van der Waals surface area (Å²) in [6.07, 6.45) is -1.17. The summed E-state index contributed by atoms with van der Waals surface area (Å²) in [6, 6.07) is 16.6. The van der Waals surface area contributed by atoms with E-state index in [0.29, 0.717) is 11.1 Å². The largest absolute Gasteiger partial charge is 0.446 e. The first kappa shape index (κ1) is 21.0. The number of hydrogen-bond donors (Lipinski definition) is 1. The van der Waals surface area contributed by atoms with E-state index in [1.165, 1.54) is 4.90 Å². The Labute approximate surface area is 174 Å². The molecular formula is C22H23N3O5. The highest BCUT2D eigenvalue weighted by Crippen LogP contribution is 2.29. The predicted octanol–water partition coefficient (Wildman–Crippen LogP) is 1.83. The average molecular weight is 409 g/mol. The number of esters is 1. The van der Waals surface area contributed by atoms with Crippen LogP contribution in [0.15, 0.2) is 60.7 Å². The van der Waals surface area contributed by atoms with Crippen LogP contribution >= 0.6 is 0 Å². The van der Waals surface area contributed by atoms with Crippen molar-refractivity contribution in [1.82, 2.24) is 15.1 Å². The van der Waals surface area contributed by atoms with Gasteiger partial charge in [0.1, 0.15) is 12.1 Å². The van der Waals surface area contributed by atoms with Gasteiger partial charge in [-0.3, -0.25) is 19.3 Å². The third kappa shape index (κ3) is 4.03. The summed E-state index contributed by atoms with van der Waals surface area (Å²) in [7, 11) is 3.10. The monoisotopic (exact) mass is 409 g/mol. The summed E-state index contributed by atoms with van der Waals surface area (Å²) in [4.78, 5) is 52.6. The lowest BCUT2D eigenvalue weighted by molar-refractivity contribution is -0.161. The quantitative estimate of drug-likeness (QED) is 0.580. The Bertz CT molecular complexity index is 961. The Morgan fingerprint density at radius 2 is 1.60 bits per heavy atom. The Morgan fingerprint density at radius 3 is 2.17 bits per heavy atom. The van der Waals surface area contributed by atoms with Crippen molar-refractivity contribution in [3.63, 3.8) is 0 Å². The summed E-state index contributed by atoms with van der Waals surface area (Å²) >= 11 is 0. The van der Waals surface area contributed by atoms with Gasteiger partial charge in [0, 0.05) is 19.7 Å². The number of nitrogens with one attached hydrogen (secondary N) is 1. The molecule has 4 amide bonds. The molecule has 2 aromatic carbocycles. The number of imide groups is 1. The summed E-state index contributed by atoms with van der Waals surface area (Å²) < 4.78 is 5.39. The molecule has 8 heteroatoms. The first-order valence-corrected chi connectivity index (χ1v) is 9.39. The third-order valence-corrected chi connectivity index (χ3v) is 4.93. The minimum atomic E-state index is -1.28. The molecule has 2 atom stereocenters. The normalized spacial score (nSPS) is 19.2. The Kier molecular flexibility index (Phi) is 5.86. The first-order valence-electron chi connectivity index (χ1n) is 9.39. The zero-order chi connectivity index (χ0) is 21.9. The molecule has 156 valence electrons. The molecule has 1 aliphatic rings. The zero-order valence-electron chi connectivity index (χ0n) is 17.0. The molecule has 0 aromatic heterocycles. The highest BCUT2D eigenvalue weighted by molar-refractivity contribution is 6.08. The number of amides is 4. The number of likely N-dealkylation sites (N-methyl/N-ethyl adjacent to an activating group) is 1. The van der Waals surface area contributed by atoms with E-state index in [9.17, 15) is 19.2 Å². The van der Waals surface area contributed by atoms with Crippen LogP contribution in [0.3, 0.4) is 0 Å². The van der Waals surface area contributed by atoms with Crippen LogP contribution in [-0.2, 0) is 24.7 Å². The van der Waals surface area contributed by atoms with Crippen LogP contribution in [0, 0.1) is 0 Å². The van der Waals surface area contributed by atoms with E-state index < -0.39 is 42.0 Å². The number of hydrogen-bond acceptors (Lipinski definition) is 5. The van der Waals surface area contributed by atoms with Gasteiger partial charge in [0.25, 0.3) is 11.8 Å². The van der Waals surface area contributed by atoms with Crippen molar-refractivity contribution in [3.8, 4) is 0 Å². The predicted molar refractivity (Wildman–Crippen MR) is 108 cm³/mol. The van der Waals surface area contributed by atoms with E-state index in [4.69, 9.17) is 4.74 Å². The Morgan fingerprint density at radius 1 is 1.03 bits per heavy atom. The maximum atomic E-state index is 12.9. The number of ether oxygens (including phenoxy) is 1.